The van der Waals surface area contributed by atoms with Crippen molar-refractivity contribution in [3.05, 3.63) is 53.9 Å². The van der Waals surface area contributed by atoms with E-state index < -0.39 is 0 Å². The Bertz CT molecular complexity index is 888. The maximum absolute atomic E-state index is 9.06. The molecule has 0 amide bonds. The zero-order chi connectivity index (χ0) is 17.8. The van der Waals surface area contributed by atoms with Crippen LogP contribution >= 0.6 is 11.3 Å². The van der Waals surface area contributed by atoms with Crippen LogP contribution in [-0.4, -0.2) is 67.3 Å². The molecule has 0 radical (unpaired) electrons. The Morgan fingerprint density at radius 1 is 0.808 bits per heavy atom. The second-order valence-electron chi connectivity index (χ2n) is 6.73. The second kappa shape index (κ2) is 8.27. The number of benzene rings is 2. The largest absolute Gasteiger partial charge is 0.395 e. The van der Waals surface area contributed by atoms with Crippen molar-refractivity contribution >= 4 is 31.5 Å². The van der Waals surface area contributed by atoms with Gasteiger partial charge >= 0.3 is 0 Å². The van der Waals surface area contributed by atoms with Crippen LogP contribution in [0.2, 0.25) is 0 Å². The number of hydrogen-bond donors (Lipinski definition) is 1. The molecule has 3 aromatic rings. The van der Waals surface area contributed by atoms with Crippen LogP contribution in [0.3, 0.4) is 0 Å². The summed E-state index contributed by atoms with van der Waals surface area (Å²) in [6, 6.07) is 17.1. The third-order valence-electron chi connectivity index (χ3n) is 5.07. The van der Waals surface area contributed by atoms with Crippen LogP contribution in [0.15, 0.2) is 53.5 Å². The van der Waals surface area contributed by atoms with Crippen LogP contribution in [0, 0.1) is 0 Å². The van der Waals surface area contributed by atoms with Crippen molar-refractivity contribution < 1.29 is 5.11 Å². The fourth-order valence-corrected chi connectivity index (χ4v) is 4.70. The first kappa shape index (κ1) is 17.6. The van der Waals surface area contributed by atoms with Crippen molar-refractivity contribution in [1.29, 1.82) is 0 Å². The molecule has 0 bridgehead atoms. The van der Waals surface area contributed by atoms with E-state index >= 15 is 0 Å². The number of fused-ring (bicyclic) bond motifs is 2. The standard InChI is InChI=1S/C21H25N3OS/c25-16-15-24-13-11-23(12-14-24)10-9-22-21-17-5-1-3-7-19(17)26-20-8-4-2-6-18(20)21/h1-8,25H,9-16H2. The van der Waals surface area contributed by atoms with Gasteiger partial charge in [-0.05, 0) is 12.1 Å². The molecule has 2 aromatic carbocycles. The maximum atomic E-state index is 9.06. The van der Waals surface area contributed by atoms with Gasteiger partial charge in [-0.1, -0.05) is 36.4 Å². The van der Waals surface area contributed by atoms with E-state index in [0.717, 1.165) is 51.2 Å². The summed E-state index contributed by atoms with van der Waals surface area (Å²) in [5.41, 5.74) is 0. The summed E-state index contributed by atoms with van der Waals surface area (Å²) in [6.07, 6.45) is 0. The zero-order valence-corrected chi connectivity index (χ0v) is 15.8. The van der Waals surface area contributed by atoms with Crippen LogP contribution in [0.25, 0.3) is 20.2 Å². The number of rotatable bonds is 5. The molecule has 4 nitrogen and oxygen atoms in total. The molecule has 5 heteroatoms. The summed E-state index contributed by atoms with van der Waals surface area (Å²) in [5, 5.41) is 12.7. The highest BCUT2D eigenvalue weighted by atomic mass is 32.1. The first-order chi connectivity index (χ1) is 12.8. The van der Waals surface area contributed by atoms with Gasteiger partial charge in [-0.15, -0.1) is 11.3 Å². The third-order valence-corrected chi connectivity index (χ3v) is 6.22. The quantitative estimate of drug-likeness (QED) is 0.705. The molecule has 1 aromatic heterocycles. The van der Waals surface area contributed by atoms with E-state index in [9.17, 15) is 0 Å². The lowest BCUT2D eigenvalue weighted by Crippen LogP contribution is -2.47. The van der Waals surface area contributed by atoms with Crippen LogP contribution in [0.4, 0.5) is 0 Å². The highest BCUT2D eigenvalue weighted by molar-refractivity contribution is 7.24. The number of aliphatic hydroxyl groups excluding tert-OH is 1. The van der Waals surface area contributed by atoms with Gasteiger partial charge < -0.3 is 5.11 Å². The first-order valence-electron chi connectivity index (χ1n) is 9.32. The van der Waals surface area contributed by atoms with Gasteiger partial charge in [-0.3, -0.25) is 14.8 Å². The molecule has 1 fully saturated rings. The van der Waals surface area contributed by atoms with Crippen molar-refractivity contribution in [3.63, 3.8) is 0 Å². The summed E-state index contributed by atoms with van der Waals surface area (Å²) in [6.45, 7) is 7.07. The molecular formula is C21H25N3OS. The Morgan fingerprint density at radius 2 is 1.35 bits per heavy atom. The van der Waals surface area contributed by atoms with Crippen LogP contribution in [0.5, 0.6) is 0 Å². The van der Waals surface area contributed by atoms with Crippen LogP contribution in [-0.2, 0) is 0 Å². The van der Waals surface area contributed by atoms with Crippen molar-refractivity contribution in [2.75, 3.05) is 52.4 Å². The lowest BCUT2D eigenvalue weighted by atomic mass is 10.2. The summed E-state index contributed by atoms with van der Waals surface area (Å²) >= 11 is 1.84. The molecule has 0 aliphatic carbocycles. The van der Waals surface area contributed by atoms with E-state index in [1.54, 1.807) is 0 Å². The predicted molar refractivity (Wildman–Crippen MR) is 110 cm³/mol. The first-order valence-corrected chi connectivity index (χ1v) is 10.1. The summed E-state index contributed by atoms with van der Waals surface area (Å²) in [5.74, 6) is 0. The van der Waals surface area contributed by atoms with Crippen molar-refractivity contribution in [2.24, 2.45) is 4.99 Å². The zero-order valence-electron chi connectivity index (χ0n) is 15.0. The summed E-state index contributed by atoms with van der Waals surface area (Å²) in [4.78, 5) is 9.83. The Labute approximate surface area is 158 Å². The van der Waals surface area contributed by atoms with Gasteiger partial charge in [0.1, 0.15) is 0 Å². The van der Waals surface area contributed by atoms with E-state index in [1.807, 2.05) is 11.3 Å². The monoisotopic (exact) mass is 367 g/mol. The van der Waals surface area contributed by atoms with Gasteiger partial charge in [-0.2, -0.15) is 0 Å². The van der Waals surface area contributed by atoms with Gasteiger partial charge in [-0.25, -0.2) is 0 Å². The minimum Gasteiger partial charge on any atom is -0.395 e. The highest BCUT2D eigenvalue weighted by Gasteiger charge is 2.15. The number of nitrogens with zero attached hydrogens (tertiary/aromatic N) is 3. The highest BCUT2D eigenvalue weighted by Crippen LogP contribution is 2.24. The summed E-state index contributed by atoms with van der Waals surface area (Å²) in [7, 11) is 0. The minimum absolute atomic E-state index is 0.254. The number of β-amino-alcohol motifs (C(OH)–C–C–N with tert-alkyl or cyclic N) is 1. The summed E-state index contributed by atoms with van der Waals surface area (Å²) < 4.78 is 2.59. The van der Waals surface area contributed by atoms with Crippen LogP contribution < -0.4 is 5.36 Å². The average Bonchev–Trinajstić information content (AvgIpc) is 2.69. The number of piperazine rings is 1. The Balaban J connectivity index is 1.56. The fourth-order valence-electron chi connectivity index (χ4n) is 3.62. The second-order valence-corrected chi connectivity index (χ2v) is 7.82. The van der Waals surface area contributed by atoms with Gasteiger partial charge in [0.15, 0.2) is 0 Å². The minimum atomic E-state index is 0.254. The van der Waals surface area contributed by atoms with E-state index in [2.05, 4.69) is 58.3 Å². The molecule has 1 saturated heterocycles. The van der Waals surface area contributed by atoms with Gasteiger partial charge in [0.05, 0.1) is 18.5 Å². The molecule has 0 atom stereocenters. The SMILES string of the molecule is OCCN1CCN(CCN=c2c3ccccc3sc3ccccc23)CC1. The molecule has 0 saturated carbocycles. The molecule has 136 valence electrons. The smallest absolute Gasteiger partial charge is 0.0747 e. The molecule has 2 heterocycles. The average molecular weight is 368 g/mol. The number of aliphatic hydroxyl groups is 1. The van der Waals surface area contributed by atoms with Crippen molar-refractivity contribution in [2.45, 2.75) is 0 Å². The number of hydrogen-bond acceptors (Lipinski definition) is 5. The molecule has 0 unspecified atom stereocenters. The predicted octanol–water partition coefficient (Wildman–Crippen LogP) is 2.57. The molecular weight excluding hydrogens is 342 g/mol. The molecule has 1 N–H and O–H groups in total. The molecule has 26 heavy (non-hydrogen) atoms. The lowest BCUT2D eigenvalue weighted by molar-refractivity contribution is 0.114. The molecule has 4 rings (SSSR count). The lowest BCUT2D eigenvalue weighted by Gasteiger charge is -2.33. The van der Waals surface area contributed by atoms with E-state index in [-0.39, 0.29) is 6.61 Å². The van der Waals surface area contributed by atoms with Gasteiger partial charge in [0.2, 0.25) is 0 Å². The fraction of sp³-hybridized carbons (Fsp3) is 0.381. The Kier molecular flexibility index (Phi) is 5.60. The van der Waals surface area contributed by atoms with E-state index in [1.165, 1.54) is 20.2 Å². The third kappa shape index (κ3) is 3.81. The topological polar surface area (TPSA) is 39.1 Å². The molecule has 0 spiro atoms. The maximum Gasteiger partial charge on any atom is 0.0747 e. The van der Waals surface area contributed by atoms with Gasteiger partial charge in [0.25, 0.3) is 0 Å². The normalized spacial score (nSPS) is 16.3. The Morgan fingerprint density at radius 3 is 1.92 bits per heavy atom. The van der Waals surface area contributed by atoms with Crippen molar-refractivity contribution in [1.82, 2.24) is 9.80 Å². The molecule has 1 aliphatic heterocycles. The van der Waals surface area contributed by atoms with E-state index in [4.69, 9.17) is 10.1 Å². The van der Waals surface area contributed by atoms with E-state index in [0.29, 0.717) is 0 Å². The Hall–Kier alpha value is -1.79. The molecule has 1 aliphatic rings. The van der Waals surface area contributed by atoms with Crippen LogP contribution in [0.1, 0.15) is 0 Å². The van der Waals surface area contributed by atoms with Gasteiger partial charge in [0, 0.05) is 59.4 Å². The van der Waals surface area contributed by atoms with Crippen molar-refractivity contribution in [3.8, 4) is 0 Å².